The number of carbonyl (C=O) groups excluding carboxylic acids is 1. The van der Waals surface area contributed by atoms with Crippen molar-refractivity contribution in [2.75, 3.05) is 27.0 Å². The van der Waals surface area contributed by atoms with Crippen molar-refractivity contribution in [1.29, 1.82) is 0 Å². The molecule has 1 N–H and O–H groups in total. The van der Waals surface area contributed by atoms with E-state index < -0.39 is 18.2 Å². The van der Waals surface area contributed by atoms with Crippen molar-refractivity contribution in [3.05, 3.63) is 35.1 Å². The third-order valence-corrected chi connectivity index (χ3v) is 8.80. The molecule has 2 aliphatic carbocycles. The van der Waals surface area contributed by atoms with Gasteiger partial charge < -0.3 is 24.1 Å². The maximum atomic E-state index is 13.1. The summed E-state index contributed by atoms with van der Waals surface area (Å²) >= 11 is 0. The zero-order valence-electron chi connectivity index (χ0n) is 20.0. The summed E-state index contributed by atoms with van der Waals surface area (Å²) in [5.41, 5.74) is 2.08. The molecule has 3 aliphatic heterocycles. The van der Waals surface area contributed by atoms with Crippen LogP contribution in [0.25, 0.3) is 0 Å². The van der Waals surface area contributed by atoms with E-state index in [1.165, 1.54) is 31.2 Å². The van der Waals surface area contributed by atoms with Crippen LogP contribution in [0, 0.1) is 5.92 Å². The summed E-state index contributed by atoms with van der Waals surface area (Å²) in [5, 5.41) is 10.7. The number of fused-ring (bicyclic) bond motifs is 3. The van der Waals surface area contributed by atoms with Crippen LogP contribution < -0.4 is 9.47 Å². The Morgan fingerprint density at radius 3 is 2.79 bits per heavy atom. The summed E-state index contributed by atoms with van der Waals surface area (Å²) in [6.45, 7) is 2.17. The van der Waals surface area contributed by atoms with Crippen LogP contribution >= 0.6 is 0 Å². The Morgan fingerprint density at radius 2 is 2.00 bits per heavy atom. The number of rotatable bonds is 6. The monoisotopic (exact) mass is 469 g/mol. The Kier molecular flexibility index (Phi) is 5.72. The number of aliphatic hydroxyl groups is 1. The average molecular weight is 470 g/mol. The van der Waals surface area contributed by atoms with Gasteiger partial charge in [0.15, 0.2) is 23.7 Å². The number of esters is 1. The molecule has 184 valence electrons. The fraction of sp³-hybridized carbons (Fsp3) is 0.667. The molecule has 4 atom stereocenters. The van der Waals surface area contributed by atoms with E-state index in [2.05, 4.69) is 23.1 Å². The first kappa shape index (κ1) is 22.2. The molecule has 0 aromatic heterocycles. The summed E-state index contributed by atoms with van der Waals surface area (Å²) in [6.07, 6.45) is 9.75. The number of benzene rings is 1. The second-order valence-electron chi connectivity index (χ2n) is 10.6. The van der Waals surface area contributed by atoms with Gasteiger partial charge in [0.1, 0.15) is 5.76 Å². The van der Waals surface area contributed by atoms with Crippen LogP contribution in [0.3, 0.4) is 0 Å². The number of carbonyl (C=O) groups is 1. The lowest BCUT2D eigenvalue weighted by molar-refractivity contribution is -0.161. The predicted molar refractivity (Wildman–Crippen MR) is 125 cm³/mol. The molecule has 1 saturated heterocycles. The largest absolute Gasteiger partial charge is 0.497 e. The molecule has 0 bridgehead atoms. The van der Waals surface area contributed by atoms with Gasteiger partial charge in [-0.1, -0.05) is 25.7 Å². The van der Waals surface area contributed by atoms with Crippen LogP contribution in [0.1, 0.15) is 68.4 Å². The van der Waals surface area contributed by atoms with Gasteiger partial charge >= 0.3 is 5.97 Å². The van der Waals surface area contributed by atoms with Crippen molar-refractivity contribution in [3.63, 3.8) is 0 Å². The number of ether oxygens (including phenoxy) is 4. The highest BCUT2D eigenvalue weighted by atomic mass is 16.7. The molecule has 0 amide bonds. The SMILES string of the molecule is COC1=C[C@]23CCCN2CCc2cc4c(cc2[C@@H]3[C@@H]1OC(=O)[C@@H](O)CCC1CCCC1)OCO4. The second kappa shape index (κ2) is 8.76. The first-order chi connectivity index (χ1) is 16.6. The van der Waals surface area contributed by atoms with Crippen LogP contribution in [0.5, 0.6) is 11.5 Å². The van der Waals surface area contributed by atoms with E-state index in [0.717, 1.165) is 55.8 Å². The molecule has 1 spiro atoms. The Hall–Kier alpha value is -2.25. The minimum atomic E-state index is -1.10. The molecule has 5 aliphatic rings. The highest BCUT2D eigenvalue weighted by Crippen LogP contribution is 2.55. The van der Waals surface area contributed by atoms with Crippen LogP contribution in [-0.4, -0.2) is 60.7 Å². The summed E-state index contributed by atoms with van der Waals surface area (Å²) in [4.78, 5) is 15.6. The van der Waals surface area contributed by atoms with E-state index in [1.54, 1.807) is 7.11 Å². The fourth-order valence-corrected chi connectivity index (χ4v) is 7.11. The maximum Gasteiger partial charge on any atom is 0.335 e. The zero-order chi connectivity index (χ0) is 23.3. The van der Waals surface area contributed by atoms with E-state index in [0.29, 0.717) is 18.1 Å². The Labute approximate surface area is 201 Å². The lowest BCUT2D eigenvalue weighted by Gasteiger charge is -2.39. The second-order valence-corrected chi connectivity index (χ2v) is 10.6. The van der Waals surface area contributed by atoms with Gasteiger partial charge in [0.2, 0.25) is 6.79 Å². The van der Waals surface area contributed by atoms with E-state index in [1.807, 2.05) is 0 Å². The molecule has 0 radical (unpaired) electrons. The fourth-order valence-electron chi connectivity index (χ4n) is 7.11. The van der Waals surface area contributed by atoms with Crippen molar-refractivity contribution in [2.45, 2.75) is 81.5 Å². The number of hydrogen-bond acceptors (Lipinski definition) is 7. The third kappa shape index (κ3) is 3.59. The number of hydrogen-bond donors (Lipinski definition) is 1. The first-order valence-electron chi connectivity index (χ1n) is 12.9. The molecule has 6 rings (SSSR count). The van der Waals surface area contributed by atoms with Crippen LogP contribution in [0.4, 0.5) is 0 Å². The quantitative estimate of drug-likeness (QED) is 0.637. The summed E-state index contributed by atoms with van der Waals surface area (Å²) in [5.74, 6) is 2.18. The predicted octanol–water partition coefficient (Wildman–Crippen LogP) is 3.68. The van der Waals surface area contributed by atoms with Gasteiger partial charge in [-0.05, 0) is 73.9 Å². The molecular formula is C27H35NO6. The van der Waals surface area contributed by atoms with Gasteiger partial charge in [-0.25, -0.2) is 4.79 Å². The molecule has 34 heavy (non-hydrogen) atoms. The standard InChI is InChI=1S/C27H35NO6/c1-31-23-15-27-10-4-11-28(27)12-9-18-13-21-22(33-16-32-21)14-19(18)24(27)25(23)34-26(30)20(29)8-7-17-5-2-3-6-17/h13-15,17,20,24-25,29H,2-12,16H2,1H3/t20-,24+,25+,27-/m0/s1. The molecule has 1 saturated carbocycles. The topological polar surface area (TPSA) is 77.5 Å². The van der Waals surface area contributed by atoms with Gasteiger partial charge in [0.25, 0.3) is 0 Å². The van der Waals surface area contributed by atoms with Crippen molar-refractivity contribution in [1.82, 2.24) is 4.90 Å². The van der Waals surface area contributed by atoms with Crippen LogP contribution in [0.15, 0.2) is 24.0 Å². The van der Waals surface area contributed by atoms with Crippen molar-refractivity contribution in [3.8, 4) is 11.5 Å². The molecule has 1 aromatic carbocycles. The van der Waals surface area contributed by atoms with E-state index >= 15 is 0 Å². The third-order valence-electron chi connectivity index (χ3n) is 8.80. The highest BCUT2D eigenvalue weighted by Gasteiger charge is 2.58. The van der Waals surface area contributed by atoms with E-state index in [4.69, 9.17) is 18.9 Å². The molecule has 7 heteroatoms. The smallest absolute Gasteiger partial charge is 0.335 e. The molecule has 0 unspecified atom stereocenters. The lowest BCUT2D eigenvalue weighted by atomic mass is 9.77. The Bertz CT molecular complexity index is 986. The molecule has 7 nitrogen and oxygen atoms in total. The Morgan fingerprint density at radius 1 is 1.21 bits per heavy atom. The normalized spacial score (nSPS) is 30.8. The Balaban J connectivity index is 1.30. The minimum absolute atomic E-state index is 0.108. The summed E-state index contributed by atoms with van der Waals surface area (Å²) in [7, 11) is 1.64. The minimum Gasteiger partial charge on any atom is -0.497 e. The zero-order valence-corrected chi connectivity index (χ0v) is 20.0. The first-order valence-corrected chi connectivity index (χ1v) is 12.9. The number of aliphatic hydroxyl groups excluding tert-OH is 1. The average Bonchev–Trinajstić information content (AvgIpc) is 3.63. The molecular weight excluding hydrogens is 434 g/mol. The van der Waals surface area contributed by atoms with Crippen molar-refractivity contribution in [2.24, 2.45) is 5.92 Å². The van der Waals surface area contributed by atoms with Gasteiger partial charge in [0, 0.05) is 6.54 Å². The van der Waals surface area contributed by atoms with Gasteiger partial charge in [-0.3, -0.25) is 4.90 Å². The van der Waals surface area contributed by atoms with Crippen molar-refractivity contribution >= 4 is 5.97 Å². The number of methoxy groups -OCH3 is 1. The molecule has 1 aromatic rings. The maximum absolute atomic E-state index is 13.1. The lowest BCUT2D eigenvalue weighted by Crippen LogP contribution is -2.47. The van der Waals surface area contributed by atoms with Crippen LogP contribution in [0.2, 0.25) is 0 Å². The van der Waals surface area contributed by atoms with Gasteiger partial charge in [-0.2, -0.15) is 0 Å². The van der Waals surface area contributed by atoms with Crippen LogP contribution in [-0.2, 0) is 20.7 Å². The van der Waals surface area contributed by atoms with Gasteiger partial charge in [-0.15, -0.1) is 0 Å². The molecule has 2 fully saturated rings. The molecule has 3 heterocycles. The highest BCUT2D eigenvalue weighted by molar-refractivity contribution is 5.75. The van der Waals surface area contributed by atoms with Crippen molar-refractivity contribution < 1.29 is 28.8 Å². The van der Waals surface area contributed by atoms with E-state index in [9.17, 15) is 9.90 Å². The van der Waals surface area contributed by atoms with Gasteiger partial charge in [0.05, 0.1) is 18.6 Å². The van der Waals surface area contributed by atoms with E-state index in [-0.39, 0.29) is 18.2 Å². The summed E-state index contributed by atoms with van der Waals surface area (Å²) < 4.78 is 23.3. The number of nitrogens with zero attached hydrogens (tertiary/aromatic N) is 1. The summed E-state index contributed by atoms with van der Waals surface area (Å²) in [6, 6.07) is 4.17.